The minimum Gasteiger partial charge on any atom is -0.394 e. The van der Waals surface area contributed by atoms with Crippen LogP contribution in [0, 0.1) is 11.3 Å². The normalized spacial score (nSPS) is 24.1. The van der Waals surface area contributed by atoms with Crippen molar-refractivity contribution < 1.29 is 91.0 Å². The molecule has 1 aromatic heterocycles. The van der Waals surface area contributed by atoms with Gasteiger partial charge in [-0.3, -0.25) is 86.9 Å². The summed E-state index contributed by atoms with van der Waals surface area (Å²) in [6.45, 7) is 4.99. The second-order valence-corrected chi connectivity index (χ2v) is 28.4. The molecule has 40 nitrogen and oxygen atoms in total. The van der Waals surface area contributed by atoms with Gasteiger partial charge in [-0.05, 0) is 64.9 Å². The number of hydrogen-bond acceptors (Lipinski definition) is 21. The number of likely N-dealkylation sites (N-methyl/N-ethyl adjacent to an activating group) is 4. The number of carbonyl (C=O) groups is 17. The Hall–Kier alpha value is -11.1. The Bertz CT molecular complexity index is 3580. The van der Waals surface area contributed by atoms with E-state index in [1.54, 1.807) is 44.2 Å². The highest BCUT2D eigenvalue weighted by molar-refractivity contribution is 8.00. The number of imidazole rings is 1. The highest BCUT2D eigenvalue weighted by atomic mass is 32.2. The summed E-state index contributed by atoms with van der Waals surface area (Å²) in [4.78, 5) is 247. The number of hydrogen-bond donors (Lipinski definition) is 17. The second kappa shape index (κ2) is 47.1. The van der Waals surface area contributed by atoms with Gasteiger partial charge in [-0.2, -0.15) is 0 Å². The molecule has 1 aromatic carbocycles. The molecular formula is C69H109FN22O18S. The number of nitrogens with one attached hydrogen (secondary N) is 13. The lowest BCUT2D eigenvalue weighted by Crippen LogP contribution is -2.59. The number of aromatic nitrogens is 2. The van der Waals surface area contributed by atoms with E-state index in [4.69, 9.17) is 22.6 Å². The zero-order valence-electron chi connectivity index (χ0n) is 64.4. The Kier molecular flexibility index (Phi) is 39.9. The van der Waals surface area contributed by atoms with Crippen molar-refractivity contribution in [3.8, 4) is 0 Å². The average Bonchev–Trinajstić information content (AvgIpc) is 1.15. The van der Waals surface area contributed by atoms with Crippen LogP contribution in [-0.2, 0) is 94.3 Å². The number of rotatable bonds is 21. The van der Waals surface area contributed by atoms with E-state index in [0.29, 0.717) is 23.3 Å². The van der Waals surface area contributed by atoms with Crippen molar-refractivity contribution >= 4 is 118 Å². The van der Waals surface area contributed by atoms with Crippen molar-refractivity contribution in [3.63, 3.8) is 0 Å². The van der Waals surface area contributed by atoms with E-state index < -0.39 is 236 Å². The van der Waals surface area contributed by atoms with Crippen molar-refractivity contribution in [2.75, 3.05) is 85.6 Å². The molecule has 0 bridgehead atoms. The lowest BCUT2D eigenvalue weighted by Gasteiger charge is -2.33. The zero-order valence-corrected chi connectivity index (χ0v) is 65.2. The van der Waals surface area contributed by atoms with Crippen LogP contribution in [0.4, 0.5) is 4.39 Å². The summed E-state index contributed by atoms with van der Waals surface area (Å²) in [6, 6.07) is -8.57. The van der Waals surface area contributed by atoms with Crippen LogP contribution < -0.4 is 75.7 Å². The number of H-pyrrole nitrogens is 1. The molecule has 3 rings (SSSR count). The lowest BCUT2D eigenvalue weighted by molar-refractivity contribution is -0.147. The first-order valence-electron chi connectivity index (χ1n) is 36.0. The minimum absolute atomic E-state index is 0.00722. The van der Waals surface area contributed by atoms with Crippen LogP contribution in [0.1, 0.15) is 105 Å². The van der Waals surface area contributed by atoms with Crippen LogP contribution in [0.3, 0.4) is 0 Å². The van der Waals surface area contributed by atoms with Gasteiger partial charge in [0, 0.05) is 65.2 Å². The van der Waals surface area contributed by atoms with Crippen LogP contribution >= 0.6 is 11.8 Å². The number of aromatic amines is 1. The molecule has 0 radical (unpaired) electrons. The molecule has 1 aliphatic rings. The summed E-state index contributed by atoms with van der Waals surface area (Å²) >= 11 is 0.760. The largest absolute Gasteiger partial charge is 0.394 e. The number of aliphatic hydroxyl groups is 1. The molecule has 42 heteroatoms. The average molecular weight is 1590 g/mol. The van der Waals surface area contributed by atoms with Gasteiger partial charge in [0.15, 0.2) is 5.96 Å². The third-order valence-corrected chi connectivity index (χ3v) is 18.3. The van der Waals surface area contributed by atoms with E-state index in [9.17, 15) is 86.6 Å². The standard InChI is InChI=1S/C69H109FN22O18S/c1-12-13-21-51-68(110)89(9)31-55(97)81-44(20-17-22-76-69(73)74)61(103)87-50(60(102)77-28-53(72)95)34-111-35-57(99)83-47(24-42-18-15-14-16-19-42)66(108)90(10)41(7)59(101)84-48(26-52(71)94)67(109)92(29-38(4)70)32-56(98)82-45(25-43-27-75-36-78-43)62(104)85-46(23-37(2)3)65(107)88(8)30-54(96)79-39(5)58(100)86-49(33-93)63(105)80-40(6)64(106)91(51)11/h14-16,18-19,27,36-41,44-51,93H,12-13,17,20-26,28-35H2,1-11H3,(H2,71,94)(H2,72,95)(H,75,78)(H,77,102)(H,79,96)(H,80,105)(H,81,97)(H,82,98)(H,83,99)(H,84,101)(H,85,104)(H,86,100)(H,87,103)(H4,73,74,76)/t38-,39+,40+,41+,44+,45+,46+,47+,48+,49+,50+,51+/m1/s1. The molecule has 2 aromatic rings. The van der Waals surface area contributed by atoms with E-state index in [1.807, 2.05) is 6.92 Å². The predicted octanol–water partition coefficient (Wildman–Crippen LogP) is -6.91. The topological polar surface area (TPSA) is 590 Å². The number of primary amides is 2. The molecule has 12 atom stereocenters. The van der Waals surface area contributed by atoms with E-state index in [1.165, 1.54) is 61.5 Å². The fourth-order valence-corrected chi connectivity index (χ4v) is 12.1. The first-order chi connectivity index (χ1) is 52.2. The van der Waals surface area contributed by atoms with Crippen molar-refractivity contribution in [1.29, 1.82) is 5.41 Å². The van der Waals surface area contributed by atoms with Crippen LogP contribution in [0.15, 0.2) is 42.9 Å². The number of unbranched alkanes of at least 4 members (excludes halogenated alkanes) is 1. The van der Waals surface area contributed by atoms with Crippen LogP contribution in [-0.4, -0.2) is 304 Å². The summed E-state index contributed by atoms with van der Waals surface area (Å²) < 4.78 is 15.2. The maximum atomic E-state index is 15.2. The molecular weight excluding hydrogens is 1480 g/mol. The van der Waals surface area contributed by atoms with Crippen molar-refractivity contribution in [3.05, 3.63) is 54.1 Å². The SMILES string of the molecule is CCCC[C@H]1C(=O)N(C)CC(=O)N[C@@H](CCCNC(=N)N)C(=O)N[C@H](C(=O)NCC(N)=O)CSCC(=O)N[C@@H](Cc2ccccc2)C(=O)N(C)[C@@H](C)C(=O)N[C@@H](CC(N)=O)C(=O)N(C[C@@H](C)F)CC(=O)N[C@@H](Cc2cnc[nH]2)C(=O)N[C@@H](CC(C)C)C(=O)N(C)CC(=O)N[C@@H](C)C(=O)N[C@@H](CO)C(=O)N[C@@H](C)C(=O)N1C. The second-order valence-electron chi connectivity index (χ2n) is 27.4. The van der Waals surface area contributed by atoms with Crippen LogP contribution in [0.5, 0.6) is 0 Å². The summed E-state index contributed by atoms with van der Waals surface area (Å²) in [5, 5.41) is 45.0. The maximum absolute atomic E-state index is 15.2. The van der Waals surface area contributed by atoms with Gasteiger partial charge in [0.1, 0.15) is 72.6 Å². The van der Waals surface area contributed by atoms with Crippen LogP contribution in [0.2, 0.25) is 0 Å². The summed E-state index contributed by atoms with van der Waals surface area (Å²) in [5.74, 6) is -18.2. The van der Waals surface area contributed by atoms with Gasteiger partial charge in [0.2, 0.25) is 100 Å². The molecule has 1 fully saturated rings. The molecule has 1 saturated heterocycles. The van der Waals surface area contributed by atoms with Gasteiger partial charge in [-0.15, -0.1) is 11.8 Å². The third kappa shape index (κ3) is 33.0. The summed E-state index contributed by atoms with van der Waals surface area (Å²) in [7, 11) is 4.93. The van der Waals surface area contributed by atoms with E-state index in [2.05, 4.69) is 68.5 Å². The Morgan fingerprint density at radius 2 is 1.20 bits per heavy atom. The van der Waals surface area contributed by atoms with Crippen LogP contribution in [0.25, 0.3) is 0 Å². The molecule has 0 aliphatic carbocycles. The zero-order chi connectivity index (χ0) is 83.5. The number of guanidine groups is 1. The maximum Gasteiger partial charge on any atom is 0.246 e. The van der Waals surface area contributed by atoms with Gasteiger partial charge in [0.25, 0.3) is 0 Å². The van der Waals surface area contributed by atoms with Gasteiger partial charge in [0.05, 0.1) is 57.8 Å². The summed E-state index contributed by atoms with van der Waals surface area (Å²) in [5.41, 5.74) is 17.2. The Labute approximate surface area is 646 Å². The number of thioether (sulfide) groups is 1. The molecule has 2 heterocycles. The highest BCUT2D eigenvalue weighted by Gasteiger charge is 2.39. The quantitative estimate of drug-likeness (QED) is 0.0314. The van der Waals surface area contributed by atoms with E-state index >= 15 is 4.39 Å². The number of alkyl halides is 1. The van der Waals surface area contributed by atoms with Gasteiger partial charge in [-0.1, -0.05) is 63.9 Å². The summed E-state index contributed by atoms with van der Waals surface area (Å²) in [6.07, 6.45) is 0.0627. The number of amides is 17. The van der Waals surface area contributed by atoms with Crippen molar-refractivity contribution in [1.82, 2.24) is 93.0 Å². The van der Waals surface area contributed by atoms with Crippen molar-refractivity contribution in [2.24, 2.45) is 23.1 Å². The fourth-order valence-electron chi connectivity index (χ4n) is 11.3. The first-order valence-corrected chi connectivity index (χ1v) is 37.1. The smallest absolute Gasteiger partial charge is 0.246 e. The molecule has 20 N–H and O–H groups in total. The molecule has 0 saturated carbocycles. The Morgan fingerprint density at radius 3 is 1.78 bits per heavy atom. The molecule has 17 amide bonds. The first kappa shape index (κ1) is 94.1. The molecule has 0 unspecified atom stereocenters. The number of aliphatic hydroxyl groups excluding tert-OH is 1. The third-order valence-electron chi connectivity index (χ3n) is 17.3. The number of benzene rings is 1. The van der Waals surface area contributed by atoms with Gasteiger partial charge >= 0.3 is 0 Å². The highest BCUT2D eigenvalue weighted by Crippen LogP contribution is 2.17. The lowest BCUT2D eigenvalue weighted by atomic mass is 10.0. The van der Waals surface area contributed by atoms with Gasteiger partial charge in [-0.25, -0.2) is 9.37 Å². The van der Waals surface area contributed by atoms with E-state index in [0.717, 1.165) is 38.3 Å². The number of carbonyl (C=O) groups excluding carboxylic acids is 17. The fraction of sp³-hybridized carbons (Fsp3) is 0.609. The van der Waals surface area contributed by atoms with E-state index in [-0.39, 0.29) is 56.7 Å². The molecule has 616 valence electrons. The van der Waals surface area contributed by atoms with Gasteiger partial charge < -0.3 is 110 Å². The number of nitrogens with zero attached hydrogens (tertiary/aromatic N) is 6. The minimum atomic E-state index is -1.92. The molecule has 0 spiro atoms. The molecule has 111 heavy (non-hydrogen) atoms. The van der Waals surface area contributed by atoms with Crippen molar-refractivity contribution in [2.45, 2.75) is 179 Å². The monoisotopic (exact) mass is 1580 g/mol. The number of halogens is 1. The number of nitrogens with two attached hydrogens (primary N) is 3. The Morgan fingerprint density at radius 1 is 0.613 bits per heavy atom. The Balaban J connectivity index is 2.18. The predicted molar refractivity (Wildman–Crippen MR) is 401 cm³/mol. The molecule has 1 aliphatic heterocycles.